The maximum Gasteiger partial charge on any atom is 0.252 e. The van der Waals surface area contributed by atoms with E-state index in [1.54, 1.807) is 0 Å². The van der Waals surface area contributed by atoms with Crippen LogP contribution in [0, 0.1) is 0 Å². The van der Waals surface area contributed by atoms with Crippen LogP contribution in [0.25, 0.3) is 0 Å². The summed E-state index contributed by atoms with van der Waals surface area (Å²) in [7, 11) is 0. The van der Waals surface area contributed by atoms with Crippen LogP contribution in [0.4, 0.5) is 0 Å². The van der Waals surface area contributed by atoms with E-state index in [0.29, 0.717) is 12.8 Å². The zero-order valence-electron chi connectivity index (χ0n) is 11.1. The van der Waals surface area contributed by atoms with Crippen LogP contribution < -0.4 is 16.6 Å². The molecule has 1 saturated carbocycles. The predicted octanol–water partition coefficient (Wildman–Crippen LogP) is 0.554. The van der Waals surface area contributed by atoms with Gasteiger partial charge in [-0.2, -0.15) is 0 Å². The van der Waals surface area contributed by atoms with E-state index < -0.39 is 11.4 Å². The highest BCUT2D eigenvalue weighted by molar-refractivity contribution is 6.00. The van der Waals surface area contributed by atoms with Gasteiger partial charge in [0.25, 0.3) is 5.91 Å². The van der Waals surface area contributed by atoms with E-state index in [2.05, 4.69) is 15.5 Å². The minimum absolute atomic E-state index is 0.00962. The number of pyridine rings is 1. The maximum absolute atomic E-state index is 12.2. The fourth-order valence-corrected chi connectivity index (χ4v) is 2.57. The lowest BCUT2D eigenvalue weighted by Gasteiger charge is -2.36. The number of aromatic amines is 1. The number of aromatic nitrogens is 1. The van der Waals surface area contributed by atoms with Gasteiger partial charge in [-0.3, -0.25) is 9.59 Å². The molecule has 0 aromatic carbocycles. The quantitative estimate of drug-likeness (QED) is 0.279. The number of nitrogens with two attached hydrogens (primary N) is 1. The molecule has 20 heavy (non-hydrogen) atoms. The van der Waals surface area contributed by atoms with Gasteiger partial charge in [-0.05, 0) is 18.9 Å². The molecule has 0 spiro atoms. The molecular formula is C13H18N4O3. The lowest BCUT2D eigenvalue weighted by Crippen LogP contribution is -2.58. The Labute approximate surface area is 115 Å². The largest absolute Gasteiger partial charge is 0.409 e. The second-order valence-electron chi connectivity index (χ2n) is 5.02. The molecule has 0 atom stereocenters. The number of H-pyrrole nitrogens is 1. The molecule has 0 radical (unpaired) electrons. The monoisotopic (exact) mass is 278 g/mol. The van der Waals surface area contributed by atoms with Crippen molar-refractivity contribution in [3.05, 3.63) is 34.2 Å². The number of rotatable bonds is 3. The molecule has 0 saturated heterocycles. The molecular weight excluding hydrogens is 260 g/mol. The van der Waals surface area contributed by atoms with Gasteiger partial charge in [0, 0.05) is 17.8 Å². The summed E-state index contributed by atoms with van der Waals surface area (Å²) in [5.74, 6) is -0.389. The standard InChI is InChI=1S/C13H18N4O3/c14-12(17-20)13(5-2-1-3-6-13)16-11(19)9-4-7-15-10(18)8-9/h4,7-8,20H,1-3,5-6H2,(H2,14,17)(H,15,18)(H,16,19). The third-order valence-corrected chi connectivity index (χ3v) is 3.70. The summed E-state index contributed by atoms with van der Waals surface area (Å²) in [5, 5.41) is 14.8. The minimum atomic E-state index is -0.827. The lowest BCUT2D eigenvalue weighted by molar-refractivity contribution is 0.0905. The summed E-state index contributed by atoms with van der Waals surface area (Å²) in [6.45, 7) is 0. The Hall–Kier alpha value is -2.31. The van der Waals surface area contributed by atoms with E-state index >= 15 is 0 Å². The number of carbonyl (C=O) groups excluding carboxylic acids is 1. The molecule has 1 aromatic rings. The first-order valence-electron chi connectivity index (χ1n) is 6.57. The number of amides is 1. The van der Waals surface area contributed by atoms with E-state index in [-0.39, 0.29) is 17.0 Å². The second kappa shape index (κ2) is 5.77. The van der Waals surface area contributed by atoms with Gasteiger partial charge in [-0.15, -0.1) is 0 Å². The lowest BCUT2D eigenvalue weighted by atomic mass is 9.80. The zero-order chi connectivity index (χ0) is 14.6. The number of oxime groups is 1. The van der Waals surface area contributed by atoms with Crippen LogP contribution in [0.3, 0.4) is 0 Å². The van der Waals surface area contributed by atoms with Gasteiger partial charge in [0.2, 0.25) is 5.56 Å². The summed E-state index contributed by atoms with van der Waals surface area (Å²) < 4.78 is 0. The van der Waals surface area contributed by atoms with Crippen LogP contribution in [-0.2, 0) is 0 Å². The molecule has 1 fully saturated rings. The van der Waals surface area contributed by atoms with Crippen molar-refractivity contribution in [1.29, 1.82) is 0 Å². The van der Waals surface area contributed by atoms with Gasteiger partial charge < -0.3 is 21.2 Å². The maximum atomic E-state index is 12.2. The fraction of sp³-hybridized carbons (Fsp3) is 0.462. The van der Waals surface area contributed by atoms with Gasteiger partial charge in [-0.1, -0.05) is 24.4 Å². The highest BCUT2D eigenvalue weighted by atomic mass is 16.4. The normalized spacial score (nSPS) is 18.5. The molecule has 5 N–H and O–H groups in total. The van der Waals surface area contributed by atoms with E-state index in [1.165, 1.54) is 18.3 Å². The van der Waals surface area contributed by atoms with Crippen molar-refractivity contribution in [2.45, 2.75) is 37.6 Å². The molecule has 2 rings (SSSR count). The Kier molecular flexibility index (Phi) is 4.07. The number of carbonyl (C=O) groups is 1. The van der Waals surface area contributed by atoms with E-state index in [9.17, 15) is 9.59 Å². The Balaban J connectivity index is 2.24. The van der Waals surface area contributed by atoms with Crippen LogP contribution in [0.15, 0.2) is 28.3 Å². The number of amidine groups is 1. The Morgan fingerprint density at radius 2 is 2.10 bits per heavy atom. The SMILES string of the molecule is N/C(=N/O)C1(NC(=O)c2cc[nH]c(=O)c2)CCCCC1. The molecule has 1 aliphatic rings. The summed E-state index contributed by atoms with van der Waals surface area (Å²) in [4.78, 5) is 25.9. The average molecular weight is 278 g/mol. The van der Waals surface area contributed by atoms with Gasteiger partial charge in [0.15, 0.2) is 5.84 Å². The number of nitrogens with one attached hydrogen (secondary N) is 2. The van der Waals surface area contributed by atoms with Crippen LogP contribution >= 0.6 is 0 Å². The van der Waals surface area contributed by atoms with Crippen molar-refractivity contribution in [1.82, 2.24) is 10.3 Å². The molecule has 1 aliphatic carbocycles. The third-order valence-electron chi connectivity index (χ3n) is 3.70. The van der Waals surface area contributed by atoms with Crippen LogP contribution in [0.5, 0.6) is 0 Å². The highest BCUT2D eigenvalue weighted by Gasteiger charge is 2.38. The molecule has 1 aromatic heterocycles. The first-order chi connectivity index (χ1) is 9.57. The number of nitrogens with zero attached hydrogens (tertiary/aromatic N) is 1. The predicted molar refractivity (Wildman–Crippen MR) is 73.8 cm³/mol. The molecule has 0 unspecified atom stereocenters. The van der Waals surface area contributed by atoms with Crippen molar-refractivity contribution < 1.29 is 10.0 Å². The first-order valence-corrected chi connectivity index (χ1v) is 6.57. The van der Waals surface area contributed by atoms with Crippen LogP contribution in [-0.4, -0.2) is 27.5 Å². The van der Waals surface area contributed by atoms with E-state index in [4.69, 9.17) is 10.9 Å². The third kappa shape index (κ3) is 2.81. The summed E-state index contributed by atoms with van der Waals surface area (Å²) in [5.41, 5.74) is 4.84. The van der Waals surface area contributed by atoms with Crippen molar-refractivity contribution >= 4 is 11.7 Å². The summed E-state index contributed by atoms with van der Waals surface area (Å²) in [6, 6.07) is 2.73. The first kappa shape index (κ1) is 14.1. The second-order valence-corrected chi connectivity index (χ2v) is 5.02. The Morgan fingerprint density at radius 3 is 2.70 bits per heavy atom. The summed E-state index contributed by atoms with van der Waals surface area (Å²) in [6.07, 6.45) is 5.50. The van der Waals surface area contributed by atoms with Crippen LogP contribution in [0.1, 0.15) is 42.5 Å². The fourth-order valence-electron chi connectivity index (χ4n) is 2.57. The molecule has 7 heteroatoms. The van der Waals surface area contributed by atoms with Gasteiger partial charge >= 0.3 is 0 Å². The number of hydrogen-bond donors (Lipinski definition) is 4. The Bertz CT molecular complexity index is 573. The van der Waals surface area contributed by atoms with Crippen molar-refractivity contribution in [3.63, 3.8) is 0 Å². The van der Waals surface area contributed by atoms with Crippen molar-refractivity contribution in [3.8, 4) is 0 Å². The average Bonchev–Trinajstić information content (AvgIpc) is 2.47. The molecule has 108 valence electrons. The summed E-state index contributed by atoms with van der Waals surface area (Å²) >= 11 is 0. The number of hydrogen-bond acceptors (Lipinski definition) is 4. The molecule has 0 aliphatic heterocycles. The van der Waals surface area contributed by atoms with Crippen molar-refractivity contribution in [2.75, 3.05) is 0 Å². The molecule has 7 nitrogen and oxygen atoms in total. The Morgan fingerprint density at radius 1 is 1.40 bits per heavy atom. The topological polar surface area (TPSA) is 121 Å². The van der Waals surface area contributed by atoms with E-state index in [0.717, 1.165) is 19.3 Å². The molecule has 1 amide bonds. The van der Waals surface area contributed by atoms with Gasteiger partial charge in [0.1, 0.15) is 5.54 Å². The van der Waals surface area contributed by atoms with Gasteiger partial charge in [-0.25, -0.2) is 0 Å². The van der Waals surface area contributed by atoms with Crippen LogP contribution in [0.2, 0.25) is 0 Å². The molecule has 1 heterocycles. The molecule has 0 bridgehead atoms. The van der Waals surface area contributed by atoms with Gasteiger partial charge in [0.05, 0.1) is 0 Å². The highest BCUT2D eigenvalue weighted by Crippen LogP contribution is 2.28. The minimum Gasteiger partial charge on any atom is -0.409 e. The smallest absolute Gasteiger partial charge is 0.252 e. The zero-order valence-corrected chi connectivity index (χ0v) is 11.1. The van der Waals surface area contributed by atoms with Crippen molar-refractivity contribution in [2.24, 2.45) is 10.9 Å². The van der Waals surface area contributed by atoms with E-state index in [1.807, 2.05) is 0 Å².